The fourth-order valence-corrected chi connectivity index (χ4v) is 0.849. The predicted molar refractivity (Wildman–Crippen MR) is 42.4 cm³/mol. The number of nitrogens with zero attached hydrogens (tertiary/aromatic N) is 1. The topological polar surface area (TPSA) is 33.0 Å². The van der Waals surface area contributed by atoms with Gasteiger partial charge in [0.2, 0.25) is 0 Å². The molecule has 0 aliphatic rings. The normalized spacial score (nSPS) is 8.82. The molecule has 0 aromatic heterocycles. The Kier molecular flexibility index (Phi) is 2.12. The molecule has 2 nitrogen and oxygen atoms in total. The van der Waals surface area contributed by atoms with E-state index in [1.807, 2.05) is 19.1 Å². The molecule has 1 aromatic carbocycles. The third kappa shape index (κ3) is 1.50. The third-order valence-corrected chi connectivity index (χ3v) is 1.57. The maximum atomic E-state index is 8.63. The molecule has 56 valence electrons. The van der Waals surface area contributed by atoms with Gasteiger partial charge in [-0.1, -0.05) is 6.07 Å². The minimum atomic E-state index is 0.671. The Morgan fingerprint density at radius 3 is 2.73 bits per heavy atom. The molecular weight excluding hydrogens is 138 g/mol. The van der Waals surface area contributed by atoms with Gasteiger partial charge in [0, 0.05) is 0 Å². The van der Waals surface area contributed by atoms with Crippen molar-refractivity contribution in [2.24, 2.45) is 0 Å². The summed E-state index contributed by atoms with van der Waals surface area (Å²) in [4.78, 5) is 0. The molecule has 0 N–H and O–H groups in total. The van der Waals surface area contributed by atoms with Crippen molar-refractivity contribution in [1.82, 2.24) is 0 Å². The molecule has 0 saturated carbocycles. The summed E-state index contributed by atoms with van der Waals surface area (Å²) in [7, 11) is 1.59. The maximum absolute atomic E-state index is 8.63. The van der Waals surface area contributed by atoms with Crippen LogP contribution in [0.5, 0.6) is 5.75 Å². The van der Waals surface area contributed by atoms with Crippen LogP contribution in [-0.2, 0) is 0 Å². The summed E-state index contributed by atoms with van der Waals surface area (Å²) >= 11 is 0. The molecule has 0 unspecified atom stereocenters. The number of methoxy groups -OCH3 is 1. The molecule has 1 rings (SSSR count). The second-order valence-electron chi connectivity index (χ2n) is 2.29. The van der Waals surface area contributed by atoms with E-state index in [1.165, 1.54) is 0 Å². The van der Waals surface area contributed by atoms with E-state index in [0.29, 0.717) is 5.56 Å². The first-order chi connectivity index (χ1) is 5.27. The van der Waals surface area contributed by atoms with Crippen molar-refractivity contribution >= 4 is 0 Å². The van der Waals surface area contributed by atoms with E-state index in [4.69, 9.17) is 10.00 Å². The summed E-state index contributed by atoms with van der Waals surface area (Å²) < 4.78 is 4.96. The van der Waals surface area contributed by atoms with Crippen LogP contribution in [0.25, 0.3) is 0 Å². The standard InChI is InChI=1S/C9H9NO/c1-7-3-4-9(11-2)5-8(7)6-10/h3-5H,1-2H3. The number of aryl methyl sites for hydroxylation is 1. The van der Waals surface area contributed by atoms with Gasteiger partial charge in [0.25, 0.3) is 0 Å². The van der Waals surface area contributed by atoms with Gasteiger partial charge >= 0.3 is 0 Å². The van der Waals surface area contributed by atoms with Crippen molar-refractivity contribution in [3.63, 3.8) is 0 Å². The highest BCUT2D eigenvalue weighted by molar-refractivity contribution is 5.42. The molecular formula is C9H9NO. The highest BCUT2D eigenvalue weighted by Gasteiger charge is 1.97. The second kappa shape index (κ2) is 3.07. The van der Waals surface area contributed by atoms with E-state index in [2.05, 4.69) is 6.07 Å². The SMILES string of the molecule is COc1ccc(C)c(C#N)c1. The van der Waals surface area contributed by atoms with E-state index in [-0.39, 0.29) is 0 Å². The first-order valence-electron chi connectivity index (χ1n) is 3.32. The summed E-state index contributed by atoms with van der Waals surface area (Å²) in [6.45, 7) is 1.90. The van der Waals surface area contributed by atoms with Crippen molar-refractivity contribution in [2.45, 2.75) is 6.92 Å². The molecule has 11 heavy (non-hydrogen) atoms. The highest BCUT2D eigenvalue weighted by Crippen LogP contribution is 2.15. The van der Waals surface area contributed by atoms with Crippen LogP contribution in [-0.4, -0.2) is 7.11 Å². The molecule has 0 fully saturated rings. The lowest BCUT2D eigenvalue weighted by Gasteiger charge is -2.00. The van der Waals surface area contributed by atoms with Crippen molar-refractivity contribution in [2.75, 3.05) is 7.11 Å². The summed E-state index contributed by atoms with van der Waals surface area (Å²) in [5, 5.41) is 8.63. The lowest BCUT2D eigenvalue weighted by atomic mass is 10.1. The molecule has 0 saturated heterocycles. The fraction of sp³-hybridized carbons (Fsp3) is 0.222. The molecule has 0 radical (unpaired) electrons. The van der Waals surface area contributed by atoms with E-state index >= 15 is 0 Å². The molecule has 0 aliphatic heterocycles. The van der Waals surface area contributed by atoms with Crippen molar-refractivity contribution in [3.8, 4) is 11.8 Å². The minimum absolute atomic E-state index is 0.671. The van der Waals surface area contributed by atoms with Crippen molar-refractivity contribution in [1.29, 1.82) is 5.26 Å². The zero-order valence-corrected chi connectivity index (χ0v) is 6.59. The number of ether oxygens (including phenoxy) is 1. The number of hydrogen-bond donors (Lipinski definition) is 0. The Balaban J connectivity index is 3.15. The molecule has 0 bridgehead atoms. The third-order valence-electron chi connectivity index (χ3n) is 1.57. The number of benzene rings is 1. The smallest absolute Gasteiger partial charge is 0.120 e. The lowest BCUT2D eigenvalue weighted by molar-refractivity contribution is 0.414. The average Bonchev–Trinajstić information content (AvgIpc) is 2.05. The zero-order chi connectivity index (χ0) is 8.27. The van der Waals surface area contributed by atoms with Gasteiger partial charge in [-0.25, -0.2) is 0 Å². The Hall–Kier alpha value is -1.49. The van der Waals surface area contributed by atoms with Crippen LogP contribution in [0.3, 0.4) is 0 Å². The molecule has 0 atom stereocenters. The highest BCUT2D eigenvalue weighted by atomic mass is 16.5. The second-order valence-corrected chi connectivity index (χ2v) is 2.29. The van der Waals surface area contributed by atoms with Crippen molar-refractivity contribution in [3.05, 3.63) is 29.3 Å². The Morgan fingerprint density at radius 1 is 1.45 bits per heavy atom. The zero-order valence-electron chi connectivity index (χ0n) is 6.59. The van der Waals surface area contributed by atoms with E-state index < -0.39 is 0 Å². The van der Waals surface area contributed by atoms with Gasteiger partial charge in [0.1, 0.15) is 5.75 Å². The monoisotopic (exact) mass is 147 g/mol. The maximum Gasteiger partial charge on any atom is 0.120 e. The van der Waals surface area contributed by atoms with Gasteiger partial charge in [-0.2, -0.15) is 5.26 Å². The van der Waals surface area contributed by atoms with E-state index in [0.717, 1.165) is 11.3 Å². The Labute approximate surface area is 66.0 Å². The summed E-state index contributed by atoms with van der Waals surface area (Å²) in [5.41, 5.74) is 1.65. The van der Waals surface area contributed by atoms with Gasteiger partial charge in [0.05, 0.1) is 18.7 Å². The first kappa shape index (κ1) is 7.62. The Morgan fingerprint density at radius 2 is 2.18 bits per heavy atom. The Bertz CT molecular complexity index is 299. The fourth-order valence-electron chi connectivity index (χ4n) is 0.849. The summed E-state index contributed by atoms with van der Waals surface area (Å²) in [6.07, 6.45) is 0. The van der Waals surface area contributed by atoms with Crippen LogP contribution in [0, 0.1) is 18.3 Å². The molecule has 2 heteroatoms. The lowest BCUT2D eigenvalue weighted by Crippen LogP contribution is -1.86. The van der Waals surface area contributed by atoms with Crippen LogP contribution in [0.1, 0.15) is 11.1 Å². The molecule has 1 aromatic rings. The van der Waals surface area contributed by atoms with Crippen LogP contribution in [0.4, 0.5) is 0 Å². The number of hydrogen-bond acceptors (Lipinski definition) is 2. The molecule has 0 heterocycles. The largest absolute Gasteiger partial charge is 0.497 e. The van der Waals surface area contributed by atoms with Crippen LogP contribution >= 0.6 is 0 Å². The molecule has 0 spiro atoms. The summed E-state index contributed by atoms with van der Waals surface area (Å²) in [6, 6.07) is 7.54. The quantitative estimate of drug-likeness (QED) is 0.607. The van der Waals surface area contributed by atoms with Gasteiger partial charge in [-0.05, 0) is 24.6 Å². The van der Waals surface area contributed by atoms with E-state index in [1.54, 1.807) is 13.2 Å². The number of nitriles is 1. The first-order valence-corrected chi connectivity index (χ1v) is 3.32. The van der Waals surface area contributed by atoms with Gasteiger partial charge in [0.15, 0.2) is 0 Å². The van der Waals surface area contributed by atoms with Gasteiger partial charge in [-0.15, -0.1) is 0 Å². The summed E-state index contributed by atoms with van der Waals surface area (Å²) in [5.74, 6) is 0.729. The van der Waals surface area contributed by atoms with Gasteiger partial charge < -0.3 is 4.74 Å². The van der Waals surface area contributed by atoms with Crippen LogP contribution in [0.2, 0.25) is 0 Å². The predicted octanol–water partition coefficient (Wildman–Crippen LogP) is 1.88. The van der Waals surface area contributed by atoms with Crippen LogP contribution < -0.4 is 4.74 Å². The molecule has 0 aliphatic carbocycles. The van der Waals surface area contributed by atoms with Crippen molar-refractivity contribution < 1.29 is 4.74 Å². The minimum Gasteiger partial charge on any atom is -0.497 e. The average molecular weight is 147 g/mol. The van der Waals surface area contributed by atoms with Crippen LogP contribution in [0.15, 0.2) is 18.2 Å². The molecule has 0 amide bonds. The van der Waals surface area contributed by atoms with Gasteiger partial charge in [-0.3, -0.25) is 0 Å². The number of rotatable bonds is 1. The van der Waals surface area contributed by atoms with E-state index in [9.17, 15) is 0 Å².